The van der Waals surface area contributed by atoms with Gasteiger partial charge in [0.15, 0.2) is 0 Å². The Kier molecular flexibility index (Phi) is 2.61. The van der Waals surface area contributed by atoms with Gasteiger partial charge in [0, 0.05) is 0 Å². The quantitative estimate of drug-likeness (QED) is 0.577. The van der Waals surface area contributed by atoms with E-state index in [2.05, 4.69) is 27.7 Å². The van der Waals surface area contributed by atoms with Crippen molar-refractivity contribution in [2.24, 2.45) is 17.3 Å². The number of hydrogen-bond donors (Lipinski definition) is 0. The fourth-order valence-corrected chi connectivity index (χ4v) is 2.49. The predicted molar refractivity (Wildman–Crippen MR) is 50.6 cm³/mol. The maximum Gasteiger partial charge on any atom is -0.0292 e. The van der Waals surface area contributed by atoms with Gasteiger partial charge in [0.2, 0.25) is 0 Å². The van der Waals surface area contributed by atoms with Crippen LogP contribution in [0.4, 0.5) is 0 Å². The van der Waals surface area contributed by atoms with E-state index in [-0.39, 0.29) is 0 Å². The highest BCUT2D eigenvalue weighted by Crippen LogP contribution is 2.58. The standard InChI is InChI=1S/C11H22/c1-5-6-10-8-11(10,4)7-9(2)3/h9-10H,5-8H2,1-4H3. The number of hydrogen-bond acceptors (Lipinski definition) is 0. The normalized spacial score (nSPS) is 36.3. The van der Waals surface area contributed by atoms with Crippen molar-refractivity contribution < 1.29 is 0 Å². The van der Waals surface area contributed by atoms with Crippen LogP contribution in [-0.4, -0.2) is 0 Å². The third-order valence-corrected chi connectivity index (χ3v) is 3.05. The van der Waals surface area contributed by atoms with Crippen LogP contribution < -0.4 is 0 Å². The molecule has 0 aromatic carbocycles. The lowest BCUT2D eigenvalue weighted by Gasteiger charge is -2.13. The average molecular weight is 154 g/mol. The van der Waals surface area contributed by atoms with Gasteiger partial charge in [0.1, 0.15) is 0 Å². The summed E-state index contributed by atoms with van der Waals surface area (Å²) in [6, 6.07) is 0. The van der Waals surface area contributed by atoms with E-state index < -0.39 is 0 Å². The molecule has 0 aromatic rings. The molecular formula is C11H22. The Morgan fingerprint density at radius 3 is 2.55 bits per heavy atom. The predicted octanol–water partition coefficient (Wildman–Crippen LogP) is 3.86. The molecule has 1 saturated carbocycles. The summed E-state index contributed by atoms with van der Waals surface area (Å²) in [7, 11) is 0. The molecular weight excluding hydrogens is 132 g/mol. The highest BCUT2D eigenvalue weighted by atomic mass is 14.5. The molecule has 0 spiro atoms. The van der Waals surface area contributed by atoms with Crippen molar-refractivity contribution in [2.45, 2.75) is 53.4 Å². The summed E-state index contributed by atoms with van der Waals surface area (Å²) >= 11 is 0. The van der Waals surface area contributed by atoms with Gasteiger partial charge in [-0.3, -0.25) is 0 Å². The van der Waals surface area contributed by atoms with Crippen LogP contribution in [0.2, 0.25) is 0 Å². The Morgan fingerprint density at radius 1 is 1.45 bits per heavy atom. The summed E-state index contributed by atoms with van der Waals surface area (Å²) in [5, 5.41) is 0. The summed E-state index contributed by atoms with van der Waals surface area (Å²) in [6.45, 7) is 9.45. The second-order valence-corrected chi connectivity index (χ2v) is 4.94. The zero-order valence-corrected chi connectivity index (χ0v) is 8.48. The molecule has 11 heavy (non-hydrogen) atoms. The molecule has 2 unspecified atom stereocenters. The SMILES string of the molecule is CCCC1CC1(C)CC(C)C. The Morgan fingerprint density at radius 2 is 2.09 bits per heavy atom. The van der Waals surface area contributed by atoms with E-state index in [1.54, 1.807) is 0 Å². The van der Waals surface area contributed by atoms with E-state index in [9.17, 15) is 0 Å². The van der Waals surface area contributed by atoms with E-state index in [0.29, 0.717) is 0 Å². The first-order valence-electron chi connectivity index (χ1n) is 5.08. The Balaban J connectivity index is 2.25. The summed E-state index contributed by atoms with van der Waals surface area (Å²) in [6.07, 6.45) is 5.78. The number of rotatable bonds is 4. The van der Waals surface area contributed by atoms with Crippen molar-refractivity contribution in [1.82, 2.24) is 0 Å². The molecule has 1 rings (SSSR count). The third kappa shape index (κ3) is 2.21. The maximum atomic E-state index is 2.47. The highest BCUT2D eigenvalue weighted by Gasteiger charge is 2.48. The fourth-order valence-electron chi connectivity index (χ4n) is 2.49. The molecule has 0 N–H and O–H groups in total. The molecule has 0 radical (unpaired) electrons. The van der Waals surface area contributed by atoms with Crippen molar-refractivity contribution in [1.29, 1.82) is 0 Å². The molecule has 0 aromatic heterocycles. The van der Waals surface area contributed by atoms with E-state index in [4.69, 9.17) is 0 Å². The Hall–Kier alpha value is 0. The average Bonchev–Trinajstić information content (AvgIpc) is 2.40. The van der Waals surface area contributed by atoms with Gasteiger partial charge in [0.05, 0.1) is 0 Å². The van der Waals surface area contributed by atoms with Crippen molar-refractivity contribution in [3.63, 3.8) is 0 Å². The summed E-state index contributed by atoms with van der Waals surface area (Å²) in [5.41, 5.74) is 0.740. The lowest BCUT2D eigenvalue weighted by molar-refractivity contribution is 0.378. The van der Waals surface area contributed by atoms with Crippen LogP contribution in [0, 0.1) is 17.3 Å². The Labute approximate surface area is 71.4 Å². The monoisotopic (exact) mass is 154 g/mol. The first kappa shape index (κ1) is 9.09. The van der Waals surface area contributed by atoms with Gasteiger partial charge >= 0.3 is 0 Å². The van der Waals surface area contributed by atoms with E-state index in [0.717, 1.165) is 17.3 Å². The van der Waals surface area contributed by atoms with Gasteiger partial charge < -0.3 is 0 Å². The van der Waals surface area contributed by atoms with Crippen LogP contribution in [0.15, 0.2) is 0 Å². The lowest BCUT2D eigenvalue weighted by atomic mass is 9.93. The lowest BCUT2D eigenvalue weighted by Crippen LogP contribution is -2.02. The molecule has 0 aliphatic heterocycles. The van der Waals surface area contributed by atoms with Gasteiger partial charge in [-0.25, -0.2) is 0 Å². The summed E-state index contributed by atoms with van der Waals surface area (Å²) in [4.78, 5) is 0. The summed E-state index contributed by atoms with van der Waals surface area (Å²) < 4.78 is 0. The van der Waals surface area contributed by atoms with Crippen LogP contribution in [0.25, 0.3) is 0 Å². The molecule has 0 saturated heterocycles. The molecule has 0 nitrogen and oxygen atoms in total. The zero-order valence-electron chi connectivity index (χ0n) is 8.48. The minimum atomic E-state index is 0.740. The fraction of sp³-hybridized carbons (Fsp3) is 1.00. The highest BCUT2D eigenvalue weighted by molar-refractivity contribution is 4.98. The van der Waals surface area contributed by atoms with Gasteiger partial charge in [-0.05, 0) is 30.1 Å². The van der Waals surface area contributed by atoms with Crippen LogP contribution in [-0.2, 0) is 0 Å². The second-order valence-electron chi connectivity index (χ2n) is 4.94. The molecule has 0 bridgehead atoms. The molecule has 66 valence electrons. The van der Waals surface area contributed by atoms with Crippen molar-refractivity contribution in [3.8, 4) is 0 Å². The van der Waals surface area contributed by atoms with Crippen molar-refractivity contribution in [2.75, 3.05) is 0 Å². The van der Waals surface area contributed by atoms with Gasteiger partial charge in [-0.2, -0.15) is 0 Å². The van der Waals surface area contributed by atoms with E-state index in [1.165, 1.54) is 25.7 Å². The molecule has 0 heterocycles. The molecule has 1 aliphatic carbocycles. The minimum absolute atomic E-state index is 0.740. The maximum absolute atomic E-state index is 2.47. The first-order chi connectivity index (χ1) is 5.08. The second kappa shape index (κ2) is 3.16. The van der Waals surface area contributed by atoms with Gasteiger partial charge in [0.25, 0.3) is 0 Å². The first-order valence-corrected chi connectivity index (χ1v) is 5.08. The smallest absolute Gasteiger partial charge is 0.0292 e. The van der Waals surface area contributed by atoms with Crippen LogP contribution >= 0.6 is 0 Å². The van der Waals surface area contributed by atoms with Crippen molar-refractivity contribution >= 4 is 0 Å². The largest absolute Gasteiger partial charge is 0.0654 e. The molecule has 2 atom stereocenters. The Bertz CT molecular complexity index is 126. The molecule has 1 fully saturated rings. The summed E-state index contributed by atoms with van der Waals surface area (Å²) in [5.74, 6) is 1.96. The molecule has 0 amide bonds. The molecule has 1 aliphatic rings. The zero-order chi connectivity index (χ0) is 8.48. The topological polar surface area (TPSA) is 0 Å². The van der Waals surface area contributed by atoms with Crippen LogP contribution in [0.1, 0.15) is 53.4 Å². The van der Waals surface area contributed by atoms with Gasteiger partial charge in [-0.1, -0.05) is 40.5 Å². The van der Waals surface area contributed by atoms with Crippen LogP contribution in [0.3, 0.4) is 0 Å². The van der Waals surface area contributed by atoms with E-state index in [1.807, 2.05) is 0 Å². The third-order valence-electron chi connectivity index (χ3n) is 3.05. The van der Waals surface area contributed by atoms with Crippen molar-refractivity contribution in [3.05, 3.63) is 0 Å². The minimum Gasteiger partial charge on any atom is -0.0654 e. The molecule has 0 heteroatoms. The van der Waals surface area contributed by atoms with Crippen LogP contribution in [0.5, 0.6) is 0 Å². The van der Waals surface area contributed by atoms with Gasteiger partial charge in [-0.15, -0.1) is 0 Å². The van der Waals surface area contributed by atoms with E-state index >= 15 is 0 Å².